The van der Waals surface area contributed by atoms with Crippen LogP contribution in [0.5, 0.6) is 0 Å². The minimum Gasteiger partial charge on any atom is -0.507 e. The molecule has 3 saturated heterocycles. The van der Waals surface area contributed by atoms with E-state index in [4.69, 9.17) is 9.47 Å². The van der Waals surface area contributed by atoms with Gasteiger partial charge in [0.1, 0.15) is 5.76 Å². The number of aliphatic hydroxyl groups is 1. The van der Waals surface area contributed by atoms with Crippen LogP contribution in [0.2, 0.25) is 0 Å². The number of amides is 1. The summed E-state index contributed by atoms with van der Waals surface area (Å²) >= 11 is 1.41. The van der Waals surface area contributed by atoms with Gasteiger partial charge in [0.05, 0.1) is 42.9 Å². The number of hydrogen-bond acceptors (Lipinski definition) is 9. The maximum absolute atomic E-state index is 13.2. The maximum atomic E-state index is 13.2. The molecule has 5 rings (SSSR count). The molecule has 3 aliphatic rings. The van der Waals surface area contributed by atoms with E-state index in [1.54, 1.807) is 0 Å². The lowest BCUT2D eigenvalue weighted by molar-refractivity contribution is -0.140. The Balaban J connectivity index is 1.40. The fraction of sp³-hybridized carbons (Fsp3) is 0.462. The highest BCUT2D eigenvalue weighted by Crippen LogP contribution is 2.41. The van der Waals surface area contributed by atoms with Crippen LogP contribution in [0.15, 0.2) is 52.2 Å². The van der Waals surface area contributed by atoms with Gasteiger partial charge < -0.3 is 19.5 Å². The number of rotatable bonds is 8. The summed E-state index contributed by atoms with van der Waals surface area (Å²) in [5, 5.41) is 13.1. The Morgan fingerprint density at radius 2 is 1.61 bits per heavy atom. The number of morpholine rings is 2. The van der Waals surface area contributed by atoms with Crippen molar-refractivity contribution < 1.29 is 32.6 Å². The Kier molecular flexibility index (Phi) is 8.26. The summed E-state index contributed by atoms with van der Waals surface area (Å²) in [6, 6.07) is 8.77. The van der Waals surface area contributed by atoms with Crippen molar-refractivity contribution in [2.45, 2.75) is 17.4 Å². The smallest absolute Gasteiger partial charge is 0.295 e. The van der Waals surface area contributed by atoms with E-state index in [2.05, 4.69) is 4.90 Å². The predicted octanol–water partition coefficient (Wildman–Crippen LogP) is 1.91. The number of carbonyl (C=O) groups is 2. The minimum atomic E-state index is -3.70. The molecule has 3 aliphatic heterocycles. The molecule has 2 aromatic rings. The summed E-state index contributed by atoms with van der Waals surface area (Å²) in [5.74, 6) is -1.69. The lowest BCUT2D eigenvalue weighted by atomic mass is 10.00. The fourth-order valence-corrected chi connectivity index (χ4v) is 7.27. The summed E-state index contributed by atoms with van der Waals surface area (Å²) in [4.78, 5) is 31.0. The minimum absolute atomic E-state index is 0.0209. The van der Waals surface area contributed by atoms with Gasteiger partial charge in [-0.15, -0.1) is 11.3 Å². The van der Waals surface area contributed by atoms with Crippen LogP contribution in [0.25, 0.3) is 5.76 Å². The summed E-state index contributed by atoms with van der Waals surface area (Å²) < 4.78 is 37.9. The second-order valence-electron chi connectivity index (χ2n) is 9.36. The van der Waals surface area contributed by atoms with Crippen molar-refractivity contribution in [3.63, 3.8) is 0 Å². The van der Waals surface area contributed by atoms with E-state index in [0.717, 1.165) is 24.5 Å². The van der Waals surface area contributed by atoms with E-state index in [1.807, 2.05) is 17.5 Å². The van der Waals surface area contributed by atoms with Gasteiger partial charge in [0.25, 0.3) is 11.7 Å². The molecular formula is C26H31N3O7S2. The topological polar surface area (TPSA) is 117 Å². The first-order valence-electron chi connectivity index (χ1n) is 12.7. The predicted molar refractivity (Wildman–Crippen MR) is 141 cm³/mol. The molecule has 3 fully saturated rings. The van der Waals surface area contributed by atoms with Crippen LogP contribution in [0, 0.1) is 0 Å². The van der Waals surface area contributed by atoms with Crippen molar-refractivity contribution in [2.24, 2.45) is 0 Å². The third-order valence-corrected chi connectivity index (χ3v) is 9.90. The molecule has 1 aromatic heterocycles. The molecule has 1 atom stereocenters. The molecule has 1 amide bonds. The summed E-state index contributed by atoms with van der Waals surface area (Å²) in [6.07, 6.45) is 0.684. The van der Waals surface area contributed by atoms with Crippen molar-refractivity contribution in [1.29, 1.82) is 0 Å². The van der Waals surface area contributed by atoms with E-state index in [-0.39, 0.29) is 34.9 Å². The van der Waals surface area contributed by atoms with E-state index >= 15 is 0 Å². The molecule has 0 spiro atoms. The van der Waals surface area contributed by atoms with Crippen LogP contribution < -0.4 is 0 Å². The zero-order valence-corrected chi connectivity index (χ0v) is 22.6. The molecule has 1 unspecified atom stereocenters. The Bertz CT molecular complexity index is 1280. The number of likely N-dealkylation sites (tertiary alicyclic amines) is 1. The van der Waals surface area contributed by atoms with E-state index in [0.29, 0.717) is 39.4 Å². The third kappa shape index (κ3) is 5.42. The number of carbonyl (C=O) groups excluding carboxylic acids is 2. The maximum Gasteiger partial charge on any atom is 0.295 e. The molecule has 38 heavy (non-hydrogen) atoms. The van der Waals surface area contributed by atoms with Crippen LogP contribution in [0.4, 0.5) is 0 Å². The molecular weight excluding hydrogens is 530 g/mol. The molecule has 0 saturated carbocycles. The lowest BCUT2D eigenvalue weighted by Gasteiger charge is -2.28. The van der Waals surface area contributed by atoms with E-state index in [1.165, 1.54) is 44.8 Å². The van der Waals surface area contributed by atoms with Crippen molar-refractivity contribution in [3.05, 3.63) is 57.8 Å². The number of nitrogens with zero attached hydrogens (tertiary/aromatic N) is 3. The first-order valence-corrected chi connectivity index (χ1v) is 15.0. The molecule has 10 nitrogen and oxygen atoms in total. The van der Waals surface area contributed by atoms with Crippen LogP contribution in [0.3, 0.4) is 0 Å². The van der Waals surface area contributed by atoms with Crippen molar-refractivity contribution in [3.8, 4) is 0 Å². The second-order valence-corrected chi connectivity index (χ2v) is 12.3. The number of Topliss-reactive ketones (excluding diaryl/α,β-unsaturated/α-hetero) is 1. The molecule has 0 bridgehead atoms. The second kappa shape index (κ2) is 11.6. The lowest BCUT2D eigenvalue weighted by Crippen LogP contribution is -2.40. The number of ether oxygens (including phenoxy) is 2. The molecule has 0 radical (unpaired) electrons. The highest BCUT2D eigenvalue weighted by molar-refractivity contribution is 7.89. The molecule has 1 N–H and O–H groups in total. The van der Waals surface area contributed by atoms with Gasteiger partial charge >= 0.3 is 0 Å². The Morgan fingerprint density at radius 1 is 0.947 bits per heavy atom. The highest BCUT2D eigenvalue weighted by atomic mass is 32.2. The molecule has 0 aliphatic carbocycles. The van der Waals surface area contributed by atoms with Gasteiger partial charge in [-0.1, -0.05) is 6.07 Å². The molecule has 4 heterocycles. The van der Waals surface area contributed by atoms with Gasteiger partial charge in [-0.3, -0.25) is 14.5 Å². The molecule has 204 valence electrons. The van der Waals surface area contributed by atoms with Gasteiger partial charge in [0.2, 0.25) is 10.0 Å². The standard InChI is InChI=1S/C26H31N3O7S2/c30-24(19-4-6-20(7-5-19)38(33,34)28-12-16-36-17-13-28)22-23(21-3-1-18-37-21)29(26(32)25(22)31)9-2-8-27-10-14-35-15-11-27/h1,3-7,18,23,30H,2,8-17H2. The van der Waals surface area contributed by atoms with Gasteiger partial charge in [0, 0.05) is 49.7 Å². The highest BCUT2D eigenvalue weighted by Gasteiger charge is 2.46. The van der Waals surface area contributed by atoms with Crippen molar-refractivity contribution >= 4 is 38.8 Å². The molecule has 1 aromatic carbocycles. The Hall–Kier alpha value is -2.61. The summed E-state index contributed by atoms with van der Waals surface area (Å²) in [7, 11) is -3.70. The van der Waals surface area contributed by atoms with Gasteiger partial charge in [-0.25, -0.2) is 8.42 Å². The van der Waals surface area contributed by atoms with Gasteiger partial charge in [-0.05, 0) is 42.1 Å². The number of ketones is 1. The molecule has 12 heteroatoms. The van der Waals surface area contributed by atoms with Crippen LogP contribution in [0.1, 0.15) is 22.9 Å². The summed E-state index contributed by atoms with van der Waals surface area (Å²) in [6.45, 7) is 5.44. The average molecular weight is 562 g/mol. The van der Waals surface area contributed by atoms with E-state index in [9.17, 15) is 23.1 Å². The largest absolute Gasteiger partial charge is 0.507 e. The van der Waals surface area contributed by atoms with Crippen LogP contribution in [-0.2, 0) is 29.1 Å². The fourth-order valence-electron chi connectivity index (χ4n) is 5.02. The quantitative estimate of drug-likeness (QED) is 0.295. The monoisotopic (exact) mass is 561 g/mol. The van der Waals surface area contributed by atoms with Crippen LogP contribution >= 0.6 is 11.3 Å². The zero-order valence-electron chi connectivity index (χ0n) is 21.0. The first-order chi connectivity index (χ1) is 18.4. The van der Waals surface area contributed by atoms with E-state index < -0.39 is 27.8 Å². The third-order valence-electron chi connectivity index (χ3n) is 7.07. The number of aliphatic hydroxyl groups excluding tert-OH is 1. The average Bonchev–Trinajstić information content (AvgIpc) is 3.57. The number of thiophene rings is 1. The van der Waals surface area contributed by atoms with Gasteiger partial charge in [-0.2, -0.15) is 4.31 Å². The Morgan fingerprint density at radius 3 is 2.24 bits per heavy atom. The Labute approximate surface area is 226 Å². The van der Waals surface area contributed by atoms with Crippen molar-refractivity contribution in [1.82, 2.24) is 14.1 Å². The normalized spacial score (nSPS) is 23.3. The van der Waals surface area contributed by atoms with Crippen molar-refractivity contribution in [2.75, 3.05) is 65.7 Å². The first kappa shape index (κ1) is 27.0. The number of sulfonamides is 1. The summed E-state index contributed by atoms with van der Waals surface area (Å²) in [5.41, 5.74) is 0.298. The number of benzene rings is 1. The van der Waals surface area contributed by atoms with Crippen LogP contribution in [-0.4, -0.2) is 105 Å². The number of hydrogen-bond donors (Lipinski definition) is 1. The van der Waals surface area contributed by atoms with Gasteiger partial charge in [0.15, 0.2) is 0 Å². The SMILES string of the molecule is O=C1C(=O)N(CCCN2CCOCC2)C(c2cccs2)C1=C(O)c1ccc(S(=O)(=O)N2CCOCC2)cc1. The zero-order chi connectivity index (χ0) is 26.7.